The first-order valence-electron chi connectivity index (χ1n) is 7.72. The van der Waals surface area contributed by atoms with Crippen molar-refractivity contribution in [2.45, 2.75) is 12.8 Å². The van der Waals surface area contributed by atoms with E-state index < -0.39 is 5.91 Å². The molecule has 0 bridgehead atoms. The lowest BCUT2D eigenvalue weighted by atomic mass is 10.2. The van der Waals surface area contributed by atoms with Crippen molar-refractivity contribution >= 4 is 46.3 Å². The standard InChI is InChI=1S/C18H18IN3O4/c1-26-15-6-7-16(23)12(10-15)11-20-22-18(25)9-8-17(24)21-14-4-2-13(19)3-5-14/h2-7,10-11,23H,8-9H2,1H3,(H,21,24)(H,22,25)/b20-11+. The molecule has 0 aliphatic rings. The van der Waals surface area contributed by atoms with Crippen LogP contribution in [-0.4, -0.2) is 30.2 Å². The fraction of sp³-hybridized carbons (Fsp3) is 0.167. The van der Waals surface area contributed by atoms with E-state index in [1.807, 2.05) is 12.1 Å². The number of nitrogens with zero attached hydrogens (tertiary/aromatic N) is 1. The molecule has 8 heteroatoms. The number of phenolic OH excluding ortho intramolecular Hbond substituents is 1. The number of phenols is 1. The number of rotatable bonds is 7. The number of benzene rings is 2. The third kappa shape index (κ3) is 6.36. The van der Waals surface area contributed by atoms with Gasteiger partial charge in [-0.25, -0.2) is 5.43 Å². The van der Waals surface area contributed by atoms with E-state index in [-0.39, 0.29) is 24.5 Å². The first-order valence-corrected chi connectivity index (χ1v) is 8.80. The third-order valence-corrected chi connectivity index (χ3v) is 4.05. The Bertz CT molecular complexity index is 807. The molecule has 3 N–H and O–H groups in total. The van der Waals surface area contributed by atoms with Crippen LogP contribution >= 0.6 is 22.6 Å². The van der Waals surface area contributed by atoms with Gasteiger partial charge in [-0.2, -0.15) is 5.10 Å². The van der Waals surface area contributed by atoms with E-state index in [1.165, 1.54) is 19.4 Å². The zero-order valence-electron chi connectivity index (χ0n) is 14.0. The molecule has 2 aromatic carbocycles. The lowest BCUT2D eigenvalue weighted by molar-refractivity contribution is -0.124. The van der Waals surface area contributed by atoms with Crippen LogP contribution < -0.4 is 15.5 Å². The molecule has 136 valence electrons. The number of nitrogens with one attached hydrogen (secondary N) is 2. The molecule has 2 rings (SSSR count). The number of methoxy groups -OCH3 is 1. The van der Waals surface area contributed by atoms with Crippen molar-refractivity contribution < 1.29 is 19.4 Å². The molecule has 0 saturated carbocycles. The van der Waals surface area contributed by atoms with Crippen LogP contribution in [0.1, 0.15) is 18.4 Å². The molecule has 0 aliphatic heterocycles. The molecule has 0 aromatic heterocycles. The number of carbonyl (C=O) groups excluding carboxylic acids is 2. The maximum Gasteiger partial charge on any atom is 0.240 e. The number of hydrogen-bond donors (Lipinski definition) is 3. The van der Waals surface area contributed by atoms with Gasteiger partial charge in [0.2, 0.25) is 11.8 Å². The Kier molecular flexibility index (Phi) is 7.39. The van der Waals surface area contributed by atoms with Gasteiger partial charge in [-0.1, -0.05) is 0 Å². The van der Waals surface area contributed by atoms with Crippen LogP contribution in [0.4, 0.5) is 5.69 Å². The summed E-state index contributed by atoms with van der Waals surface area (Å²) >= 11 is 2.18. The van der Waals surface area contributed by atoms with Crippen LogP contribution in [0.3, 0.4) is 0 Å². The summed E-state index contributed by atoms with van der Waals surface area (Å²) < 4.78 is 6.12. The van der Waals surface area contributed by atoms with Crippen LogP contribution in [0, 0.1) is 3.57 Å². The number of ether oxygens (including phenoxy) is 1. The Morgan fingerprint density at radius 2 is 1.85 bits per heavy atom. The molecule has 0 unspecified atom stereocenters. The molecule has 0 atom stereocenters. The summed E-state index contributed by atoms with van der Waals surface area (Å²) in [6, 6.07) is 12.0. The normalized spacial score (nSPS) is 10.5. The smallest absolute Gasteiger partial charge is 0.240 e. The van der Waals surface area contributed by atoms with E-state index in [2.05, 4.69) is 38.4 Å². The molecule has 7 nitrogen and oxygen atoms in total. The van der Waals surface area contributed by atoms with Gasteiger partial charge in [0.15, 0.2) is 0 Å². The maximum absolute atomic E-state index is 11.8. The second-order valence-corrected chi connectivity index (χ2v) is 6.52. The SMILES string of the molecule is COc1ccc(O)c(/C=N/NC(=O)CCC(=O)Nc2ccc(I)cc2)c1. The van der Waals surface area contributed by atoms with Gasteiger partial charge in [0.1, 0.15) is 11.5 Å². The topological polar surface area (TPSA) is 100 Å². The quantitative estimate of drug-likeness (QED) is 0.331. The number of amides is 2. The minimum Gasteiger partial charge on any atom is -0.507 e. The van der Waals surface area contributed by atoms with Crippen LogP contribution in [0.2, 0.25) is 0 Å². The zero-order valence-corrected chi connectivity index (χ0v) is 16.2. The van der Waals surface area contributed by atoms with E-state index in [0.29, 0.717) is 17.0 Å². The van der Waals surface area contributed by atoms with E-state index in [0.717, 1.165) is 3.57 Å². The summed E-state index contributed by atoms with van der Waals surface area (Å²) in [6.07, 6.45) is 1.34. The molecule has 2 aromatic rings. The predicted octanol–water partition coefficient (Wildman–Crippen LogP) is 2.87. The van der Waals surface area contributed by atoms with E-state index >= 15 is 0 Å². The predicted molar refractivity (Wildman–Crippen MR) is 107 cm³/mol. The average Bonchev–Trinajstić information content (AvgIpc) is 2.63. The van der Waals surface area contributed by atoms with Gasteiger partial charge in [-0.3, -0.25) is 9.59 Å². The molecule has 0 spiro atoms. The molecule has 26 heavy (non-hydrogen) atoms. The first-order chi connectivity index (χ1) is 12.5. The summed E-state index contributed by atoms with van der Waals surface area (Å²) in [6.45, 7) is 0. The highest BCUT2D eigenvalue weighted by molar-refractivity contribution is 14.1. The highest BCUT2D eigenvalue weighted by Crippen LogP contribution is 2.20. The molecular formula is C18H18IN3O4. The van der Waals surface area contributed by atoms with Gasteiger partial charge in [0, 0.05) is 27.7 Å². The fourth-order valence-electron chi connectivity index (χ4n) is 1.98. The van der Waals surface area contributed by atoms with Crippen LogP contribution in [-0.2, 0) is 9.59 Å². The number of anilines is 1. The maximum atomic E-state index is 11.8. The van der Waals surface area contributed by atoms with Crippen molar-refractivity contribution in [3.05, 3.63) is 51.6 Å². The Morgan fingerprint density at radius 1 is 1.15 bits per heavy atom. The monoisotopic (exact) mass is 467 g/mol. The number of carbonyl (C=O) groups is 2. The van der Waals surface area contributed by atoms with Crippen molar-refractivity contribution in [1.82, 2.24) is 5.43 Å². The summed E-state index contributed by atoms with van der Waals surface area (Å²) in [7, 11) is 1.51. The molecule has 0 fully saturated rings. The fourth-order valence-corrected chi connectivity index (χ4v) is 2.34. The molecule has 0 aliphatic carbocycles. The minimum absolute atomic E-state index is 0.00235. The van der Waals surface area contributed by atoms with Crippen molar-refractivity contribution in [2.75, 3.05) is 12.4 Å². The Labute approximate surface area is 164 Å². The second-order valence-electron chi connectivity index (χ2n) is 5.27. The van der Waals surface area contributed by atoms with Crippen molar-refractivity contribution in [3.8, 4) is 11.5 Å². The van der Waals surface area contributed by atoms with Gasteiger partial charge in [-0.05, 0) is 65.1 Å². The summed E-state index contributed by atoms with van der Waals surface area (Å²) in [5.41, 5.74) is 3.41. The number of halogens is 1. The number of hydrazone groups is 1. The van der Waals surface area contributed by atoms with Crippen molar-refractivity contribution in [3.63, 3.8) is 0 Å². The number of aromatic hydroxyl groups is 1. The zero-order chi connectivity index (χ0) is 18.9. The van der Waals surface area contributed by atoms with E-state index in [9.17, 15) is 14.7 Å². The summed E-state index contributed by atoms with van der Waals surface area (Å²) in [5, 5.41) is 16.2. The summed E-state index contributed by atoms with van der Waals surface area (Å²) in [4.78, 5) is 23.6. The average molecular weight is 467 g/mol. The lowest BCUT2D eigenvalue weighted by Crippen LogP contribution is -2.20. The van der Waals surface area contributed by atoms with Crippen molar-refractivity contribution in [2.24, 2.45) is 5.10 Å². The van der Waals surface area contributed by atoms with Crippen LogP contribution in [0.25, 0.3) is 0 Å². The number of hydrogen-bond acceptors (Lipinski definition) is 5. The van der Waals surface area contributed by atoms with Gasteiger partial charge < -0.3 is 15.2 Å². The third-order valence-electron chi connectivity index (χ3n) is 3.33. The highest BCUT2D eigenvalue weighted by atomic mass is 127. The van der Waals surface area contributed by atoms with Crippen LogP contribution in [0.15, 0.2) is 47.6 Å². The Morgan fingerprint density at radius 3 is 2.54 bits per heavy atom. The summed E-state index contributed by atoms with van der Waals surface area (Å²) in [5.74, 6) is -0.0827. The van der Waals surface area contributed by atoms with Crippen LogP contribution in [0.5, 0.6) is 11.5 Å². The molecule has 2 amide bonds. The van der Waals surface area contributed by atoms with Gasteiger partial charge in [-0.15, -0.1) is 0 Å². The highest BCUT2D eigenvalue weighted by Gasteiger charge is 2.07. The molecular weight excluding hydrogens is 449 g/mol. The molecule has 0 heterocycles. The van der Waals surface area contributed by atoms with Gasteiger partial charge in [0.05, 0.1) is 13.3 Å². The first kappa shape index (κ1) is 19.7. The van der Waals surface area contributed by atoms with Gasteiger partial charge in [0.25, 0.3) is 0 Å². The van der Waals surface area contributed by atoms with E-state index in [4.69, 9.17) is 4.74 Å². The van der Waals surface area contributed by atoms with E-state index in [1.54, 1.807) is 24.3 Å². The minimum atomic E-state index is -0.401. The van der Waals surface area contributed by atoms with Crippen molar-refractivity contribution in [1.29, 1.82) is 0 Å². The molecule has 0 radical (unpaired) electrons. The lowest BCUT2D eigenvalue weighted by Gasteiger charge is -2.05. The molecule has 0 saturated heterocycles. The second kappa shape index (κ2) is 9.76. The van der Waals surface area contributed by atoms with Gasteiger partial charge >= 0.3 is 0 Å². The Hall–Kier alpha value is -2.62. The Balaban J connectivity index is 1.78. The largest absolute Gasteiger partial charge is 0.507 e.